The fourth-order valence-electron chi connectivity index (χ4n) is 1.60. The minimum absolute atomic E-state index is 0.177. The monoisotopic (exact) mass is 357 g/mol. The maximum absolute atomic E-state index is 10.7. The molecule has 26 heavy (non-hydrogen) atoms. The molecule has 2 rings (SSSR count). The number of ether oxygens (including phenoxy) is 1. The highest BCUT2D eigenvalue weighted by molar-refractivity contribution is 5.85. The molecule has 138 valence electrons. The van der Waals surface area contributed by atoms with Crippen molar-refractivity contribution >= 4 is 24.0 Å². The molecule has 2 amide bonds. The number of hydrogen-bond donors (Lipinski definition) is 3. The van der Waals surface area contributed by atoms with Gasteiger partial charge in [-0.05, 0) is 39.0 Å². The van der Waals surface area contributed by atoms with Crippen molar-refractivity contribution in [3.8, 4) is 11.6 Å². The lowest BCUT2D eigenvalue weighted by Gasteiger charge is -2.21. The zero-order valence-corrected chi connectivity index (χ0v) is 15.0. The molecule has 0 spiro atoms. The van der Waals surface area contributed by atoms with Crippen LogP contribution in [0, 0.1) is 0 Å². The van der Waals surface area contributed by atoms with E-state index in [2.05, 4.69) is 32.9 Å². The highest BCUT2D eigenvalue weighted by Gasteiger charge is 2.14. The van der Waals surface area contributed by atoms with Crippen LogP contribution in [0.2, 0.25) is 0 Å². The summed E-state index contributed by atoms with van der Waals surface area (Å²) in [6.45, 7) is 9.10. The molecule has 8 nitrogen and oxygen atoms in total. The molecule has 0 aliphatic carbocycles. The van der Waals surface area contributed by atoms with Gasteiger partial charge in [0.1, 0.15) is 11.4 Å². The van der Waals surface area contributed by atoms with Crippen LogP contribution < -0.4 is 21.1 Å². The predicted molar refractivity (Wildman–Crippen MR) is 101 cm³/mol. The number of carbonyl (C=O) groups excluding carboxylic acids is 2. The van der Waals surface area contributed by atoms with E-state index in [9.17, 15) is 9.59 Å². The van der Waals surface area contributed by atoms with Gasteiger partial charge in [0.25, 0.3) is 0 Å². The first-order chi connectivity index (χ1) is 12.2. The average molecular weight is 357 g/mol. The molecule has 1 aromatic carbocycles. The molecule has 0 aliphatic heterocycles. The normalized spacial score (nSPS) is 9.96. The van der Waals surface area contributed by atoms with E-state index in [0.29, 0.717) is 23.8 Å². The molecule has 0 saturated heterocycles. The summed E-state index contributed by atoms with van der Waals surface area (Å²) in [5.41, 5.74) is 4.77. The summed E-state index contributed by atoms with van der Waals surface area (Å²) >= 11 is 0. The number of aromatic nitrogens is 2. The van der Waals surface area contributed by atoms with Crippen LogP contribution in [0.15, 0.2) is 49.2 Å². The van der Waals surface area contributed by atoms with E-state index in [4.69, 9.17) is 4.74 Å². The standard InChI is InChI=1S/C15H18N4O2.C3H5NO/c1-15(2,3)19-14-16-9-12(17-10-20)13(18-14)21-11-7-5-4-6-8-11;1-2-3(4)5/h4-10H,1-3H3,(H,17,20)(H,16,18,19);2H,1H2,(H2,4,5). The van der Waals surface area contributed by atoms with Crippen molar-refractivity contribution in [1.82, 2.24) is 9.97 Å². The van der Waals surface area contributed by atoms with Gasteiger partial charge in [0.2, 0.25) is 24.1 Å². The van der Waals surface area contributed by atoms with Crippen molar-refractivity contribution in [2.75, 3.05) is 10.6 Å². The first-order valence-corrected chi connectivity index (χ1v) is 7.75. The average Bonchev–Trinajstić information content (AvgIpc) is 2.57. The Morgan fingerprint density at radius 1 is 1.27 bits per heavy atom. The van der Waals surface area contributed by atoms with Crippen molar-refractivity contribution < 1.29 is 14.3 Å². The van der Waals surface area contributed by atoms with Gasteiger partial charge in [-0.2, -0.15) is 4.98 Å². The van der Waals surface area contributed by atoms with Crippen LogP contribution in [-0.2, 0) is 9.59 Å². The number of nitrogens with one attached hydrogen (secondary N) is 2. The van der Waals surface area contributed by atoms with Crippen molar-refractivity contribution in [1.29, 1.82) is 0 Å². The Balaban J connectivity index is 0.000000597. The van der Waals surface area contributed by atoms with E-state index >= 15 is 0 Å². The summed E-state index contributed by atoms with van der Waals surface area (Å²) in [6, 6.07) is 9.23. The molecule has 8 heteroatoms. The van der Waals surface area contributed by atoms with E-state index in [1.165, 1.54) is 6.20 Å². The molecule has 0 bridgehead atoms. The van der Waals surface area contributed by atoms with Gasteiger partial charge in [0.05, 0.1) is 6.20 Å². The van der Waals surface area contributed by atoms with Gasteiger partial charge in [-0.3, -0.25) is 9.59 Å². The second-order valence-electron chi connectivity index (χ2n) is 6.07. The lowest BCUT2D eigenvalue weighted by Crippen LogP contribution is -2.27. The van der Waals surface area contributed by atoms with Crippen molar-refractivity contribution in [3.05, 3.63) is 49.2 Å². The molecule has 1 heterocycles. The van der Waals surface area contributed by atoms with Crippen molar-refractivity contribution in [2.24, 2.45) is 5.73 Å². The minimum Gasteiger partial charge on any atom is -0.437 e. The zero-order chi connectivity index (χ0) is 19.6. The zero-order valence-electron chi connectivity index (χ0n) is 15.0. The van der Waals surface area contributed by atoms with Crippen LogP contribution in [0.25, 0.3) is 0 Å². The topological polar surface area (TPSA) is 119 Å². The summed E-state index contributed by atoms with van der Waals surface area (Å²) in [7, 11) is 0. The molecule has 1 aromatic heterocycles. The van der Waals surface area contributed by atoms with Gasteiger partial charge in [-0.25, -0.2) is 4.98 Å². The Kier molecular flexibility index (Phi) is 7.75. The fourth-order valence-corrected chi connectivity index (χ4v) is 1.60. The first-order valence-electron chi connectivity index (χ1n) is 7.75. The lowest BCUT2D eigenvalue weighted by atomic mass is 10.1. The Bertz CT molecular complexity index is 742. The fraction of sp³-hybridized carbons (Fsp3) is 0.222. The molecule has 2 aromatic rings. The predicted octanol–water partition coefficient (Wildman–Crippen LogP) is 2.71. The van der Waals surface area contributed by atoms with Gasteiger partial charge in [0, 0.05) is 5.54 Å². The van der Waals surface area contributed by atoms with Crippen LogP contribution in [-0.4, -0.2) is 27.8 Å². The maximum atomic E-state index is 10.7. The van der Waals surface area contributed by atoms with Crippen molar-refractivity contribution in [2.45, 2.75) is 26.3 Å². The van der Waals surface area contributed by atoms with Gasteiger partial charge in [-0.1, -0.05) is 24.8 Å². The number of para-hydroxylation sites is 1. The molecule has 0 unspecified atom stereocenters. The Morgan fingerprint density at radius 3 is 2.38 bits per heavy atom. The summed E-state index contributed by atoms with van der Waals surface area (Å²) in [5, 5.41) is 5.69. The van der Waals surface area contributed by atoms with Crippen LogP contribution in [0.3, 0.4) is 0 Å². The molecule has 0 fully saturated rings. The number of anilines is 2. The van der Waals surface area contributed by atoms with Crippen LogP contribution in [0.1, 0.15) is 20.8 Å². The quantitative estimate of drug-likeness (QED) is 0.540. The minimum atomic E-state index is -0.481. The third-order valence-corrected chi connectivity index (χ3v) is 2.61. The Hall–Kier alpha value is -3.42. The van der Waals surface area contributed by atoms with E-state index in [1.54, 1.807) is 0 Å². The number of nitrogens with zero attached hydrogens (tertiary/aromatic N) is 2. The molecule has 0 saturated carbocycles. The summed E-state index contributed by atoms with van der Waals surface area (Å²) in [5.74, 6) is 0.872. The van der Waals surface area contributed by atoms with Gasteiger partial charge < -0.3 is 21.1 Å². The Morgan fingerprint density at radius 2 is 1.88 bits per heavy atom. The van der Waals surface area contributed by atoms with Gasteiger partial charge >= 0.3 is 0 Å². The summed E-state index contributed by atoms with van der Waals surface area (Å²) < 4.78 is 5.70. The lowest BCUT2D eigenvalue weighted by molar-refractivity contribution is -0.113. The number of primary amides is 1. The molecule has 0 atom stereocenters. The van der Waals surface area contributed by atoms with Crippen LogP contribution >= 0.6 is 0 Å². The third kappa shape index (κ3) is 7.91. The highest BCUT2D eigenvalue weighted by Crippen LogP contribution is 2.27. The second-order valence-corrected chi connectivity index (χ2v) is 6.07. The summed E-state index contributed by atoms with van der Waals surface area (Å²) in [6.07, 6.45) is 3.13. The van der Waals surface area contributed by atoms with E-state index in [-0.39, 0.29) is 11.4 Å². The number of benzene rings is 1. The molecular weight excluding hydrogens is 334 g/mol. The SMILES string of the molecule is C=CC(N)=O.CC(C)(C)Nc1ncc(NC=O)c(Oc2ccccc2)n1. The highest BCUT2D eigenvalue weighted by atomic mass is 16.5. The largest absolute Gasteiger partial charge is 0.437 e. The number of nitrogens with two attached hydrogens (primary N) is 1. The smallest absolute Gasteiger partial charge is 0.248 e. The maximum Gasteiger partial charge on any atom is 0.248 e. The van der Waals surface area contributed by atoms with E-state index in [1.807, 2.05) is 51.1 Å². The van der Waals surface area contributed by atoms with Crippen LogP contribution in [0.4, 0.5) is 11.6 Å². The Labute approximate surface area is 152 Å². The molecule has 0 radical (unpaired) electrons. The number of hydrogen-bond acceptors (Lipinski definition) is 6. The van der Waals surface area contributed by atoms with Gasteiger partial charge in [0.15, 0.2) is 0 Å². The van der Waals surface area contributed by atoms with E-state index in [0.717, 1.165) is 6.08 Å². The number of amides is 2. The van der Waals surface area contributed by atoms with Gasteiger partial charge in [-0.15, -0.1) is 0 Å². The van der Waals surface area contributed by atoms with Crippen molar-refractivity contribution in [3.63, 3.8) is 0 Å². The molecule has 4 N–H and O–H groups in total. The number of carbonyl (C=O) groups is 2. The number of rotatable bonds is 6. The van der Waals surface area contributed by atoms with E-state index < -0.39 is 5.91 Å². The molecular formula is C18H23N5O3. The second kappa shape index (κ2) is 9.77. The third-order valence-electron chi connectivity index (χ3n) is 2.61. The summed E-state index contributed by atoms with van der Waals surface area (Å²) in [4.78, 5) is 28.6. The van der Waals surface area contributed by atoms with Crippen LogP contribution in [0.5, 0.6) is 11.6 Å². The first kappa shape index (κ1) is 20.6. The molecule has 0 aliphatic rings.